The van der Waals surface area contributed by atoms with Crippen molar-refractivity contribution in [3.8, 4) is 0 Å². The molecule has 0 amide bonds. The molecule has 0 unspecified atom stereocenters. The highest BCUT2D eigenvalue weighted by atomic mass is 79.9. The average molecular weight is 501 g/mol. The molecule has 178 valence electrons. The van der Waals surface area contributed by atoms with E-state index in [1.54, 1.807) is 0 Å². The third kappa shape index (κ3) is 11.0. The van der Waals surface area contributed by atoms with Gasteiger partial charge in [0.15, 0.2) is 0 Å². The Morgan fingerprint density at radius 1 is 0.656 bits per heavy atom. The van der Waals surface area contributed by atoms with Crippen LogP contribution in [0.25, 0.3) is 5.57 Å². The Morgan fingerprint density at radius 2 is 1.16 bits per heavy atom. The standard InChI is InChI=1S/C30H46N.BrH/c1-4-6-8-16-24-31(25-17-9-7-5-2,26-18-21-29-19-12-10-13-20-29)27-28(3)30-22-14-11-15-23-30;/h10-15,19-20,22-23H,3-9,16-18,21,24-27H2,1-2H3;1H/q+1;/p-1. The third-order valence-electron chi connectivity index (χ3n) is 6.62. The smallest absolute Gasteiger partial charge is 0.104 e. The SMILES string of the molecule is C=C(C[N+](CCCCCC)(CCCCCC)CCCc1ccccc1)c1ccccc1.[Br-]. The van der Waals surface area contributed by atoms with Crippen LogP contribution in [0, 0.1) is 0 Å². The van der Waals surface area contributed by atoms with E-state index in [0.717, 1.165) is 6.54 Å². The molecule has 2 aromatic carbocycles. The van der Waals surface area contributed by atoms with Gasteiger partial charge in [0.1, 0.15) is 6.54 Å². The molecule has 0 atom stereocenters. The van der Waals surface area contributed by atoms with Crippen LogP contribution < -0.4 is 17.0 Å². The molecule has 0 bridgehead atoms. The number of quaternary nitrogens is 1. The Morgan fingerprint density at radius 3 is 1.69 bits per heavy atom. The quantitative estimate of drug-likeness (QED) is 0.204. The molecule has 0 saturated carbocycles. The Balaban J connectivity index is 0.00000512. The number of halogens is 1. The van der Waals surface area contributed by atoms with Crippen molar-refractivity contribution in [2.45, 2.75) is 78.1 Å². The summed E-state index contributed by atoms with van der Waals surface area (Å²) >= 11 is 0. The minimum Gasteiger partial charge on any atom is -1.00 e. The molecule has 0 saturated heterocycles. The molecule has 0 radical (unpaired) electrons. The molecule has 0 aliphatic carbocycles. The van der Waals surface area contributed by atoms with E-state index in [0.29, 0.717) is 0 Å². The molecule has 0 fully saturated rings. The van der Waals surface area contributed by atoms with Crippen LogP contribution in [-0.2, 0) is 6.42 Å². The first-order valence-corrected chi connectivity index (χ1v) is 12.8. The predicted octanol–water partition coefficient (Wildman–Crippen LogP) is 5.31. The van der Waals surface area contributed by atoms with E-state index in [9.17, 15) is 0 Å². The summed E-state index contributed by atoms with van der Waals surface area (Å²) in [6, 6.07) is 21.9. The van der Waals surface area contributed by atoms with Gasteiger partial charge in [0.2, 0.25) is 0 Å². The van der Waals surface area contributed by atoms with Crippen LogP contribution in [-0.4, -0.2) is 30.7 Å². The molecule has 0 aromatic heterocycles. The first kappa shape index (κ1) is 28.7. The molecule has 32 heavy (non-hydrogen) atoms. The monoisotopic (exact) mass is 499 g/mol. The maximum atomic E-state index is 4.55. The summed E-state index contributed by atoms with van der Waals surface area (Å²) < 4.78 is 1.22. The lowest BCUT2D eigenvalue weighted by Crippen LogP contribution is -3.00. The minimum atomic E-state index is 0. The van der Waals surface area contributed by atoms with Crippen molar-refractivity contribution in [2.75, 3.05) is 26.2 Å². The molecular weight excluding hydrogens is 454 g/mol. The summed E-state index contributed by atoms with van der Waals surface area (Å²) in [5.41, 5.74) is 4.10. The topological polar surface area (TPSA) is 0 Å². The molecule has 2 rings (SSSR count). The van der Waals surface area contributed by atoms with E-state index in [1.807, 2.05) is 0 Å². The van der Waals surface area contributed by atoms with Crippen molar-refractivity contribution in [2.24, 2.45) is 0 Å². The van der Waals surface area contributed by atoms with Crippen molar-refractivity contribution < 1.29 is 21.5 Å². The van der Waals surface area contributed by atoms with Gasteiger partial charge in [-0.1, -0.05) is 107 Å². The normalized spacial score (nSPS) is 11.2. The van der Waals surface area contributed by atoms with E-state index in [2.05, 4.69) is 81.1 Å². The molecule has 0 spiro atoms. The van der Waals surface area contributed by atoms with E-state index in [4.69, 9.17) is 0 Å². The van der Waals surface area contributed by atoms with Gasteiger partial charge in [-0.15, -0.1) is 0 Å². The molecule has 0 aliphatic rings. The van der Waals surface area contributed by atoms with E-state index in [-0.39, 0.29) is 17.0 Å². The van der Waals surface area contributed by atoms with Crippen LogP contribution in [0.5, 0.6) is 0 Å². The molecule has 0 N–H and O–H groups in total. The van der Waals surface area contributed by atoms with Crippen LogP contribution in [0.4, 0.5) is 0 Å². The van der Waals surface area contributed by atoms with Crippen molar-refractivity contribution >= 4 is 5.57 Å². The summed E-state index contributed by atoms with van der Waals surface area (Å²) in [5.74, 6) is 0. The second-order valence-corrected chi connectivity index (χ2v) is 9.35. The maximum absolute atomic E-state index is 4.55. The fourth-order valence-electron chi connectivity index (χ4n) is 4.75. The Labute approximate surface area is 209 Å². The number of hydrogen-bond acceptors (Lipinski definition) is 0. The van der Waals surface area contributed by atoms with Gasteiger partial charge in [-0.3, -0.25) is 0 Å². The molecule has 1 nitrogen and oxygen atoms in total. The molecule has 2 heteroatoms. The highest BCUT2D eigenvalue weighted by Crippen LogP contribution is 2.23. The number of benzene rings is 2. The Kier molecular flexibility index (Phi) is 15.3. The van der Waals surface area contributed by atoms with Crippen molar-refractivity contribution in [1.29, 1.82) is 0 Å². The summed E-state index contributed by atoms with van der Waals surface area (Å²) in [4.78, 5) is 0. The van der Waals surface area contributed by atoms with Crippen molar-refractivity contribution in [3.05, 3.63) is 78.4 Å². The lowest BCUT2D eigenvalue weighted by molar-refractivity contribution is -0.922. The first-order chi connectivity index (χ1) is 15.2. The van der Waals surface area contributed by atoms with Gasteiger partial charge < -0.3 is 21.5 Å². The van der Waals surface area contributed by atoms with Crippen LogP contribution >= 0.6 is 0 Å². The lowest BCUT2D eigenvalue weighted by Gasteiger charge is -2.40. The van der Waals surface area contributed by atoms with E-state index >= 15 is 0 Å². The van der Waals surface area contributed by atoms with Crippen molar-refractivity contribution in [1.82, 2.24) is 0 Å². The summed E-state index contributed by atoms with van der Waals surface area (Å²) in [6.45, 7) is 14.1. The fourth-order valence-corrected chi connectivity index (χ4v) is 4.75. The highest BCUT2D eigenvalue weighted by Gasteiger charge is 2.27. The van der Waals surface area contributed by atoms with Crippen LogP contribution in [0.2, 0.25) is 0 Å². The Hall–Kier alpha value is -1.38. The zero-order valence-corrected chi connectivity index (χ0v) is 22.3. The predicted molar refractivity (Wildman–Crippen MR) is 138 cm³/mol. The average Bonchev–Trinajstić information content (AvgIpc) is 2.81. The van der Waals surface area contributed by atoms with Gasteiger partial charge in [-0.05, 0) is 43.2 Å². The lowest BCUT2D eigenvalue weighted by atomic mass is 10.0. The second kappa shape index (κ2) is 17.1. The largest absolute Gasteiger partial charge is 1.00 e. The number of rotatable bonds is 17. The minimum absolute atomic E-state index is 0. The molecule has 0 heterocycles. The molecular formula is C30H46BrN. The fraction of sp³-hybridized carbons (Fsp3) is 0.533. The molecule has 2 aromatic rings. The van der Waals surface area contributed by atoms with Gasteiger partial charge in [0, 0.05) is 12.0 Å². The second-order valence-electron chi connectivity index (χ2n) is 9.35. The van der Waals surface area contributed by atoms with Crippen LogP contribution in [0.3, 0.4) is 0 Å². The first-order valence-electron chi connectivity index (χ1n) is 12.8. The van der Waals surface area contributed by atoms with Gasteiger partial charge in [-0.25, -0.2) is 0 Å². The zero-order chi connectivity index (χ0) is 22.2. The number of nitrogens with zero attached hydrogens (tertiary/aromatic N) is 1. The summed E-state index contributed by atoms with van der Waals surface area (Å²) in [7, 11) is 0. The van der Waals surface area contributed by atoms with E-state index in [1.165, 1.54) is 105 Å². The summed E-state index contributed by atoms with van der Waals surface area (Å²) in [5, 5.41) is 0. The number of unbranched alkanes of at least 4 members (excludes halogenated alkanes) is 6. The van der Waals surface area contributed by atoms with Crippen molar-refractivity contribution in [3.63, 3.8) is 0 Å². The van der Waals surface area contributed by atoms with Crippen LogP contribution in [0.1, 0.15) is 82.8 Å². The maximum Gasteiger partial charge on any atom is 0.104 e. The summed E-state index contributed by atoms with van der Waals surface area (Å²) in [6.07, 6.45) is 13.2. The van der Waals surface area contributed by atoms with Gasteiger partial charge in [0.05, 0.1) is 19.6 Å². The number of hydrogen-bond donors (Lipinski definition) is 0. The van der Waals surface area contributed by atoms with E-state index < -0.39 is 0 Å². The van der Waals surface area contributed by atoms with Crippen LogP contribution in [0.15, 0.2) is 67.2 Å². The molecule has 0 aliphatic heterocycles. The third-order valence-corrected chi connectivity index (χ3v) is 6.62. The van der Waals surface area contributed by atoms with Gasteiger partial charge in [0.25, 0.3) is 0 Å². The Bertz CT molecular complexity index is 698. The number of aryl methyl sites for hydroxylation is 1. The van der Waals surface area contributed by atoms with Gasteiger partial charge >= 0.3 is 0 Å². The zero-order valence-electron chi connectivity index (χ0n) is 20.7. The highest BCUT2D eigenvalue weighted by molar-refractivity contribution is 5.63. The van der Waals surface area contributed by atoms with Gasteiger partial charge in [-0.2, -0.15) is 0 Å².